The van der Waals surface area contributed by atoms with Crippen LogP contribution in [-0.4, -0.2) is 29.6 Å². The van der Waals surface area contributed by atoms with Crippen LogP contribution in [0.5, 0.6) is 5.75 Å². The Morgan fingerprint density at radius 3 is 2.77 bits per heavy atom. The maximum absolute atomic E-state index is 12.4. The molecular weight excluding hydrogens is 332 g/mol. The summed E-state index contributed by atoms with van der Waals surface area (Å²) in [6.45, 7) is 4.22. The number of rotatable bonds is 5. The minimum absolute atomic E-state index is 0.0862. The Hall–Kier alpha value is -3.12. The average molecular weight is 352 g/mol. The number of amides is 2. The van der Waals surface area contributed by atoms with Crippen molar-refractivity contribution in [3.05, 3.63) is 71.8 Å². The molecule has 0 radical (unpaired) electrons. The number of ether oxygens (including phenoxy) is 1. The Kier molecular flexibility index (Phi) is 5.34. The van der Waals surface area contributed by atoms with Crippen LogP contribution in [0.1, 0.15) is 21.5 Å². The molecule has 0 spiro atoms. The summed E-state index contributed by atoms with van der Waals surface area (Å²) in [5.74, 6) is -0.981. The molecule has 0 unspecified atom stereocenters. The number of anilines is 1. The third-order valence-electron chi connectivity index (χ3n) is 4.22. The Morgan fingerprint density at radius 1 is 1.23 bits per heavy atom. The topological polar surface area (TPSA) is 87.7 Å². The molecule has 3 rings (SSSR count). The van der Waals surface area contributed by atoms with Crippen LogP contribution in [0.25, 0.3) is 0 Å². The standard InChI is InChI=1S/C20H20N2O4/c1-2-19(24)22-15-7-8-18(23)17(10-15)20(25)21-11-16-9-13-5-3-4-6-14(13)12-26-16/h2-8,10,16,23H,1,9,11-12H2,(H,21,25)(H,22,24)/t16-/m0/s1. The zero-order valence-corrected chi connectivity index (χ0v) is 14.2. The van der Waals surface area contributed by atoms with E-state index in [0.29, 0.717) is 18.8 Å². The summed E-state index contributed by atoms with van der Waals surface area (Å²) in [5.41, 5.74) is 2.87. The van der Waals surface area contributed by atoms with Gasteiger partial charge in [-0.2, -0.15) is 0 Å². The second-order valence-corrected chi connectivity index (χ2v) is 6.04. The molecule has 6 nitrogen and oxygen atoms in total. The van der Waals surface area contributed by atoms with Crippen molar-refractivity contribution in [2.75, 3.05) is 11.9 Å². The monoisotopic (exact) mass is 352 g/mol. The highest BCUT2D eigenvalue weighted by atomic mass is 16.5. The first-order valence-corrected chi connectivity index (χ1v) is 8.30. The first kappa shape index (κ1) is 17.7. The van der Waals surface area contributed by atoms with Crippen molar-refractivity contribution in [2.45, 2.75) is 19.1 Å². The second kappa shape index (κ2) is 7.84. The molecule has 6 heteroatoms. The van der Waals surface area contributed by atoms with Crippen molar-refractivity contribution in [1.29, 1.82) is 0 Å². The number of benzene rings is 2. The molecule has 0 bridgehead atoms. The van der Waals surface area contributed by atoms with E-state index in [-0.39, 0.29) is 17.4 Å². The predicted octanol–water partition coefficient (Wildman–Crippen LogP) is 2.39. The van der Waals surface area contributed by atoms with E-state index >= 15 is 0 Å². The second-order valence-electron chi connectivity index (χ2n) is 6.04. The third kappa shape index (κ3) is 4.10. The number of hydrogen-bond acceptors (Lipinski definition) is 4. The van der Waals surface area contributed by atoms with Gasteiger partial charge in [0.15, 0.2) is 0 Å². The molecule has 2 aromatic rings. The molecule has 2 amide bonds. The molecule has 0 fully saturated rings. The number of phenolic OH excluding ortho intramolecular Hbond substituents is 1. The fourth-order valence-electron chi connectivity index (χ4n) is 2.83. The minimum atomic E-state index is -0.431. The van der Waals surface area contributed by atoms with Gasteiger partial charge in [-0.15, -0.1) is 0 Å². The molecule has 26 heavy (non-hydrogen) atoms. The number of carbonyl (C=O) groups is 2. The Bertz CT molecular complexity index is 847. The van der Waals surface area contributed by atoms with Crippen molar-refractivity contribution in [3.8, 4) is 5.75 Å². The highest BCUT2D eigenvalue weighted by Crippen LogP contribution is 2.22. The van der Waals surface area contributed by atoms with Gasteiger partial charge >= 0.3 is 0 Å². The van der Waals surface area contributed by atoms with Crippen molar-refractivity contribution >= 4 is 17.5 Å². The largest absolute Gasteiger partial charge is 0.507 e. The van der Waals surface area contributed by atoms with Gasteiger partial charge in [-0.25, -0.2) is 0 Å². The van der Waals surface area contributed by atoms with E-state index in [9.17, 15) is 14.7 Å². The molecule has 1 aliphatic heterocycles. The van der Waals surface area contributed by atoms with E-state index < -0.39 is 11.8 Å². The molecular formula is C20H20N2O4. The summed E-state index contributed by atoms with van der Waals surface area (Å²) < 4.78 is 5.77. The van der Waals surface area contributed by atoms with Gasteiger partial charge in [0.2, 0.25) is 5.91 Å². The molecule has 1 heterocycles. The van der Waals surface area contributed by atoms with Crippen molar-refractivity contribution in [3.63, 3.8) is 0 Å². The quantitative estimate of drug-likeness (QED) is 0.569. The lowest BCUT2D eigenvalue weighted by molar-refractivity contribution is -0.111. The van der Waals surface area contributed by atoms with Crippen molar-refractivity contribution in [1.82, 2.24) is 5.32 Å². The zero-order chi connectivity index (χ0) is 18.5. The molecule has 3 N–H and O–H groups in total. The third-order valence-corrected chi connectivity index (χ3v) is 4.22. The lowest BCUT2D eigenvalue weighted by Crippen LogP contribution is -2.36. The first-order valence-electron chi connectivity index (χ1n) is 8.30. The number of aromatic hydroxyl groups is 1. The van der Waals surface area contributed by atoms with Crippen molar-refractivity contribution < 1.29 is 19.4 Å². The first-order chi connectivity index (χ1) is 12.6. The number of nitrogens with one attached hydrogen (secondary N) is 2. The molecule has 0 saturated carbocycles. The van der Waals surface area contributed by atoms with Crippen LogP contribution >= 0.6 is 0 Å². The van der Waals surface area contributed by atoms with Crippen LogP contribution in [0.2, 0.25) is 0 Å². The highest BCUT2D eigenvalue weighted by molar-refractivity contribution is 6.01. The van der Waals surface area contributed by atoms with E-state index in [1.54, 1.807) is 0 Å². The smallest absolute Gasteiger partial charge is 0.255 e. The molecule has 1 atom stereocenters. The lowest BCUT2D eigenvalue weighted by atomic mass is 9.99. The summed E-state index contributed by atoms with van der Waals surface area (Å²) in [6.07, 6.45) is 1.72. The maximum atomic E-state index is 12.4. The van der Waals surface area contributed by atoms with E-state index in [2.05, 4.69) is 23.3 Å². The number of fused-ring (bicyclic) bond motifs is 1. The lowest BCUT2D eigenvalue weighted by Gasteiger charge is -2.25. The van der Waals surface area contributed by atoms with Gasteiger partial charge in [-0.3, -0.25) is 9.59 Å². The van der Waals surface area contributed by atoms with Crippen LogP contribution in [0.4, 0.5) is 5.69 Å². The highest BCUT2D eigenvalue weighted by Gasteiger charge is 2.20. The minimum Gasteiger partial charge on any atom is -0.507 e. The fourth-order valence-corrected chi connectivity index (χ4v) is 2.83. The van der Waals surface area contributed by atoms with Crippen LogP contribution in [0, 0.1) is 0 Å². The Morgan fingerprint density at radius 2 is 2.00 bits per heavy atom. The zero-order valence-electron chi connectivity index (χ0n) is 14.2. The number of phenols is 1. The van der Waals surface area contributed by atoms with Gasteiger partial charge in [0.05, 0.1) is 18.3 Å². The summed E-state index contributed by atoms with van der Waals surface area (Å²) in [6, 6.07) is 12.3. The van der Waals surface area contributed by atoms with Crippen molar-refractivity contribution in [2.24, 2.45) is 0 Å². The molecule has 0 aromatic heterocycles. The van der Waals surface area contributed by atoms with E-state index in [1.165, 1.54) is 29.3 Å². The normalized spacial score (nSPS) is 15.6. The van der Waals surface area contributed by atoms with E-state index in [1.807, 2.05) is 18.2 Å². The Labute approximate surface area is 151 Å². The van der Waals surface area contributed by atoms with Crippen LogP contribution in [-0.2, 0) is 22.6 Å². The van der Waals surface area contributed by atoms with Gasteiger partial charge < -0.3 is 20.5 Å². The van der Waals surface area contributed by atoms with Crippen LogP contribution in [0.3, 0.4) is 0 Å². The van der Waals surface area contributed by atoms with Crippen LogP contribution in [0.15, 0.2) is 55.1 Å². The number of hydrogen-bond donors (Lipinski definition) is 3. The summed E-state index contributed by atoms with van der Waals surface area (Å²) in [4.78, 5) is 23.8. The molecule has 134 valence electrons. The fraction of sp³-hybridized carbons (Fsp3) is 0.200. The molecule has 0 saturated heterocycles. The van der Waals surface area contributed by atoms with Gasteiger partial charge in [0.1, 0.15) is 5.75 Å². The van der Waals surface area contributed by atoms with E-state index in [0.717, 1.165) is 12.5 Å². The molecule has 0 aliphatic carbocycles. The van der Waals surface area contributed by atoms with Crippen LogP contribution < -0.4 is 10.6 Å². The van der Waals surface area contributed by atoms with Gasteiger partial charge in [-0.05, 0) is 35.4 Å². The Balaban J connectivity index is 1.62. The molecule has 2 aromatic carbocycles. The number of carbonyl (C=O) groups excluding carboxylic acids is 2. The summed E-state index contributed by atoms with van der Waals surface area (Å²) >= 11 is 0. The SMILES string of the molecule is C=CC(=O)Nc1ccc(O)c(C(=O)NC[C@@H]2Cc3ccccc3CO2)c1. The van der Waals surface area contributed by atoms with Gasteiger partial charge in [0, 0.05) is 18.7 Å². The maximum Gasteiger partial charge on any atom is 0.255 e. The van der Waals surface area contributed by atoms with Gasteiger partial charge in [-0.1, -0.05) is 30.8 Å². The van der Waals surface area contributed by atoms with E-state index in [4.69, 9.17) is 4.74 Å². The average Bonchev–Trinajstić information content (AvgIpc) is 2.67. The summed E-state index contributed by atoms with van der Waals surface area (Å²) in [7, 11) is 0. The molecule has 1 aliphatic rings. The summed E-state index contributed by atoms with van der Waals surface area (Å²) in [5, 5.41) is 15.3. The van der Waals surface area contributed by atoms with Gasteiger partial charge in [0.25, 0.3) is 5.91 Å². The predicted molar refractivity (Wildman–Crippen MR) is 98.0 cm³/mol.